The molecule has 7 heteroatoms. The van der Waals surface area contributed by atoms with Gasteiger partial charge in [0, 0.05) is 16.6 Å². The Balaban J connectivity index is 1.91. The molecule has 0 fully saturated rings. The number of hydrogen-bond donors (Lipinski definition) is 0. The van der Waals surface area contributed by atoms with Crippen molar-refractivity contribution >= 4 is 45.1 Å². The number of nitrogens with zero attached hydrogens (tertiary/aromatic N) is 3. The molecule has 1 amide bonds. The van der Waals surface area contributed by atoms with Crippen molar-refractivity contribution in [1.82, 2.24) is 0 Å². The number of hydrogen-bond acceptors (Lipinski definition) is 4. The zero-order chi connectivity index (χ0) is 18.1. The number of nitro groups is 1. The van der Waals surface area contributed by atoms with Crippen molar-refractivity contribution in [3.8, 4) is 0 Å². The van der Waals surface area contributed by atoms with Crippen molar-refractivity contribution in [2.45, 2.75) is 13.8 Å². The largest absolute Gasteiger partial charge is 0.282 e. The molecule has 0 aliphatic carbocycles. The first-order valence-corrected chi connectivity index (χ1v) is 8.28. The summed E-state index contributed by atoms with van der Waals surface area (Å²) < 4.78 is 0.971. The number of carbonyl (C=O) groups excluding carboxylic acids is 1. The Morgan fingerprint density at radius 3 is 2.44 bits per heavy atom. The Labute approximate surface area is 152 Å². The predicted molar refractivity (Wildman–Crippen MR) is 101 cm³/mol. The third-order valence-electron chi connectivity index (χ3n) is 3.84. The van der Waals surface area contributed by atoms with Gasteiger partial charge in [-0.25, -0.2) is 4.99 Å². The van der Waals surface area contributed by atoms with E-state index in [1.54, 1.807) is 30.0 Å². The normalized spacial score (nSPS) is 15.6. The molecule has 1 aliphatic heterocycles. The zero-order valence-electron chi connectivity index (χ0n) is 13.6. The third-order valence-corrected chi connectivity index (χ3v) is 4.72. The van der Waals surface area contributed by atoms with Crippen LogP contribution < -0.4 is 4.90 Å². The van der Waals surface area contributed by atoms with Crippen LogP contribution in [0.5, 0.6) is 0 Å². The molecule has 0 saturated heterocycles. The molecule has 1 heterocycles. The average Bonchev–Trinajstić information content (AvgIpc) is 2.85. The molecule has 126 valence electrons. The van der Waals surface area contributed by atoms with Crippen molar-refractivity contribution in [2.24, 2.45) is 4.99 Å². The first-order valence-electron chi connectivity index (χ1n) is 7.49. The van der Waals surface area contributed by atoms with E-state index in [4.69, 9.17) is 0 Å². The van der Waals surface area contributed by atoms with Gasteiger partial charge < -0.3 is 0 Å². The minimum atomic E-state index is -0.461. The number of anilines is 1. The minimum Gasteiger partial charge on any atom is -0.266 e. The van der Waals surface area contributed by atoms with Crippen LogP contribution in [-0.2, 0) is 4.79 Å². The number of aryl methyl sites for hydroxylation is 1. The van der Waals surface area contributed by atoms with Gasteiger partial charge in [0.2, 0.25) is 0 Å². The quantitative estimate of drug-likeness (QED) is 0.433. The van der Waals surface area contributed by atoms with E-state index >= 15 is 0 Å². The molecule has 0 aromatic heterocycles. The van der Waals surface area contributed by atoms with Gasteiger partial charge in [-0.3, -0.25) is 19.8 Å². The monoisotopic (exact) mass is 399 g/mol. The van der Waals surface area contributed by atoms with Crippen LogP contribution >= 0.6 is 15.9 Å². The van der Waals surface area contributed by atoms with E-state index in [2.05, 4.69) is 20.9 Å². The van der Waals surface area contributed by atoms with Gasteiger partial charge in [-0.1, -0.05) is 15.9 Å². The summed E-state index contributed by atoms with van der Waals surface area (Å²) in [6, 6.07) is 11.6. The smallest absolute Gasteiger partial charge is 0.266 e. The third kappa shape index (κ3) is 3.36. The molecule has 0 N–H and O–H groups in total. The molecule has 2 aromatic carbocycles. The van der Waals surface area contributed by atoms with Gasteiger partial charge in [-0.05, 0) is 61.4 Å². The Hall–Kier alpha value is -2.80. The molecule has 25 heavy (non-hydrogen) atoms. The number of aliphatic imine (C=N–C) groups is 1. The van der Waals surface area contributed by atoms with Crippen LogP contribution in [0.3, 0.4) is 0 Å². The van der Waals surface area contributed by atoms with Gasteiger partial charge in [0.05, 0.1) is 10.6 Å². The molecule has 2 aromatic rings. The number of rotatable bonds is 3. The Morgan fingerprint density at radius 1 is 1.16 bits per heavy atom. The SMILES string of the molecule is CC1=NC(=Cc2ccc([N+](=O)[O-])cc2)C(=O)N1c1ccc(Br)c(C)c1. The highest BCUT2D eigenvalue weighted by atomic mass is 79.9. The summed E-state index contributed by atoms with van der Waals surface area (Å²) in [5, 5.41) is 10.7. The van der Waals surface area contributed by atoms with E-state index in [0.717, 1.165) is 15.7 Å². The molecule has 0 atom stereocenters. The lowest BCUT2D eigenvalue weighted by molar-refractivity contribution is -0.384. The summed E-state index contributed by atoms with van der Waals surface area (Å²) in [6.07, 6.45) is 1.63. The maximum Gasteiger partial charge on any atom is 0.282 e. The van der Waals surface area contributed by atoms with Gasteiger partial charge >= 0.3 is 0 Å². The van der Waals surface area contributed by atoms with Crippen LogP contribution in [0, 0.1) is 17.0 Å². The van der Waals surface area contributed by atoms with Gasteiger partial charge in [-0.2, -0.15) is 0 Å². The molecule has 1 aliphatic rings. The molecule has 0 spiro atoms. The molecular weight excluding hydrogens is 386 g/mol. The van der Waals surface area contributed by atoms with E-state index in [0.29, 0.717) is 17.1 Å². The van der Waals surface area contributed by atoms with E-state index in [1.165, 1.54) is 12.1 Å². The maximum absolute atomic E-state index is 12.7. The number of amides is 1. The summed E-state index contributed by atoms with van der Waals surface area (Å²) in [5.41, 5.74) is 2.75. The van der Waals surface area contributed by atoms with Crippen molar-refractivity contribution < 1.29 is 9.72 Å². The van der Waals surface area contributed by atoms with Gasteiger partial charge in [-0.15, -0.1) is 0 Å². The number of carbonyl (C=O) groups is 1. The lowest BCUT2D eigenvalue weighted by Crippen LogP contribution is -2.30. The molecule has 0 unspecified atom stereocenters. The van der Waals surface area contributed by atoms with Crippen molar-refractivity contribution in [2.75, 3.05) is 4.90 Å². The average molecular weight is 400 g/mol. The topological polar surface area (TPSA) is 75.8 Å². The molecule has 0 radical (unpaired) electrons. The highest BCUT2D eigenvalue weighted by molar-refractivity contribution is 9.10. The van der Waals surface area contributed by atoms with Crippen molar-refractivity contribution in [3.05, 3.63) is 73.9 Å². The molecule has 6 nitrogen and oxygen atoms in total. The van der Waals surface area contributed by atoms with Crippen LogP contribution in [0.2, 0.25) is 0 Å². The number of nitro benzene ring substituents is 1. The first kappa shape index (κ1) is 17.0. The van der Waals surface area contributed by atoms with Crippen LogP contribution in [0.25, 0.3) is 6.08 Å². The fourth-order valence-corrected chi connectivity index (χ4v) is 2.80. The van der Waals surface area contributed by atoms with Crippen molar-refractivity contribution in [1.29, 1.82) is 0 Å². The maximum atomic E-state index is 12.7. The summed E-state index contributed by atoms with van der Waals surface area (Å²) in [4.78, 5) is 28.9. The molecule has 0 bridgehead atoms. The molecule has 0 saturated carbocycles. The van der Waals surface area contributed by atoms with Crippen LogP contribution in [-0.4, -0.2) is 16.7 Å². The summed E-state index contributed by atoms with van der Waals surface area (Å²) >= 11 is 3.45. The summed E-state index contributed by atoms with van der Waals surface area (Å²) in [5.74, 6) is 0.359. The molecule has 3 rings (SSSR count). The van der Waals surface area contributed by atoms with E-state index in [1.807, 2.05) is 25.1 Å². The lowest BCUT2D eigenvalue weighted by Gasteiger charge is -2.17. The van der Waals surface area contributed by atoms with Gasteiger partial charge in [0.25, 0.3) is 11.6 Å². The Bertz CT molecular complexity index is 933. The summed E-state index contributed by atoms with van der Waals surface area (Å²) in [6.45, 7) is 3.72. The standard InChI is InChI=1S/C18H14BrN3O3/c1-11-9-15(7-8-16(11)19)21-12(2)20-17(18(21)23)10-13-3-5-14(6-4-13)22(24)25/h3-10H,1-2H3. The first-order chi connectivity index (χ1) is 11.9. The minimum absolute atomic E-state index is 0.00606. The number of halogens is 1. The van der Waals surface area contributed by atoms with E-state index in [-0.39, 0.29) is 11.6 Å². The fourth-order valence-electron chi connectivity index (χ4n) is 2.55. The van der Waals surface area contributed by atoms with E-state index < -0.39 is 4.92 Å². The van der Waals surface area contributed by atoms with Gasteiger partial charge in [0.15, 0.2) is 0 Å². The highest BCUT2D eigenvalue weighted by Gasteiger charge is 2.29. The highest BCUT2D eigenvalue weighted by Crippen LogP contribution is 2.28. The van der Waals surface area contributed by atoms with Crippen LogP contribution in [0.15, 0.2) is 57.6 Å². The second kappa shape index (κ2) is 6.60. The van der Waals surface area contributed by atoms with E-state index in [9.17, 15) is 14.9 Å². The van der Waals surface area contributed by atoms with Crippen LogP contribution in [0.1, 0.15) is 18.1 Å². The number of benzene rings is 2. The fraction of sp³-hybridized carbons (Fsp3) is 0.111. The second-order valence-electron chi connectivity index (χ2n) is 5.61. The Kier molecular flexibility index (Phi) is 4.50. The predicted octanol–water partition coefficient (Wildman–Crippen LogP) is 4.47. The molecular formula is C18H14BrN3O3. The number of amidine groups is 1. The Morgan fingerprint density at radius 2 is 1.84 bits per heavy atom. The number of non-ortho nitro benzene ring substituents is 1. The second-order valence-corrected chi connectivity index (χ2v) is 6.47. The van der Waals surface area contributed by atoms with Crippen LogP contribution in [0.4, 0.5) is 11.4 Å². The van der Waals surface area contributed by atoms with Gasteiger partial charge in [0.1, 0.15) is 11.5 Å². The van der Waals surface area contributed by atoms with Crippen molar-refractivity contribution in [3.63, 3.8) is 0 Å². The zero-order valence-corrected chi connectivity index (χ0v) is 15.1. The summed E-state index contributed by atoms with van der Waals surface area (Å²) in [7, 11) is 0. The lowest BCUT2D eigenvalue weighted by atomic mass is 10.1.